The first-order valence-electron chi connectivity index (χ1n) is 7.46. The van der Waals surface area contributed by atoms with Gasteiger partial charge in [0.15, 0.2) is 9.84 Å². The number of sulfone groups is 1. The molecule has 2 N–H and O–H groups in total. The van der Waals surface area contributed by atoms with Gasteiger partial charge in [-0.05, 0) is 43.9 Å². The van der Waals surface area contributed by atoms with Crippen LogP contribution in [-0.4, -0.2) is 43.1 Å². The summed E-state index contributed by atoms with van der Waals surface area (Å²) in [4.78, 5) is 12.1. The minimum Gasteiger partial charge on any atom is -0.394 e. The SMILES string of the molecule is CC1CCC(CO)(NC(=O)CC2CCS(=O)(=O)C2)CC1. The maximum atomic E-state index is 12.1. The predicted octanol–water partition coefficient (Wildman–Crippen LogP) is 0.869. The van der Waals surface area contributed by atoms with Crippen LogP contribution < -0.4 is 5.32 Å². The van der Waals surface area contributed by atoms with Gasteiger partial charge in [-0.25, -0.2) is 8.42 Å². The van der Waals surface area contributed by atoms with Crippen molar-refractivity contribution in [2.75, 3.05) is 18.1 Å². The first-order valence-corrected chi connectivity index (χ1v) is 9.29. The lowest BCUT2D eigenvalue weighted by Crippen LogP contribution is -2.53. The Hall–Kier alpha value is -0.620. The molecule has 1 unspecified atom stereocenters. The molecule has 0 spiro atoms. The first-order chi connectivity index (χ1) is 9.34. The monoisotopic (exact) mass is 303 g/mol. The van der Waals surface area contributed by atoms with Crippen LogP contribution in [0, 0.1) is 11.8 Å². The average molecular weight is 303 g/mol. The molecule has 1 saturated heterocycles. The van der Waals surface area contributed by atoms with E-state index in [0.717, 1.165) is 25.7 Å². The van der Waals surface area contributed by atoms with Crippen molar-refractivity contribution in [1.29, 1.82) is 0 Å². The third-order valence-corrected chi connectivity index (χ3v) is 6.58. The Kier molecular flexibility index (Phi) is 4.74. The zero-order valence-corrected chi connectivity index (χ0v) is 12.9. The third kappa shape index (κ3) is 3.95. The van der Waals surface area contributed by atoms with Crippen LogP contribution in [0.25, 0.3) is 0 Å². The lowest BCUT2D eigenvalue weighted by Gasteiger charge is -2.39. The topological polar surface area (TPSA) is 83.5 Å². The molecule has 0 aromatic rings. The van der Waals surface area contributed by atoms with E-state index in [1.54, 1.807) is 0 Å². The normalized spacial score (nSPS) is 36.7. The second-order valence-corrected chi connectivity index (χ2v) is 8.87. The lowest BCUT2D eigenvalue weighted by atomic mass is 9.77. The smallest absolute Gasteiger partial charge is 0.220 e. The molecule has 0 aromatic heterocycles. The van der Waals surface area contributed by atoms with E-state index in [9.17, 15) is 18.3 Å². The average Bonchev–Trinajstić information content (AvgIpc) is 2.72. The fraction of sp³-hybridized carbons (Fsp3) is 0.929. The molecule has 1 atom stereocenters. The van der Waals surface area contributed by atoms with Crippen molar-refractivity contribution in [3.8, 4) is 0 Å². The minimum absolute atomic E-state index is 0.0333. The number of carbonyl (C=O) groups is 1. The van der Waals surface area contributed by atoms with E-state index in [2.05, 4.69) is 12.2 Å². The van der Waals surface area contributed by atoms with Crippen LogP contribution in [-0.2, 0) is 14.6 Å². The third-order valence-electron chi connectivity index (χ3n) is 4.74. The van der Waals surface area contributed by atoms with Crippen molar-refractivity contribution >= 4 is 15.7 Å². The Balaban J connectivity index is 1.87. The van der Waals surface area contributed by atoms with Gasteiger partial charge in [-0.15, -0.1) is 0 Å². The summed E-state index contributed by atoms with van der Waals surface area (Å²) in [5.74, 6) is 0.803. The molecule has 5 nitrogen and oxygen atoms in total. The quantitative estimate of drug-likeness (QED) is 0.807. The van der Waals surface area contributed by atoms with Gasteiger partial charge in [-0.2, -0.15) is 0 Å². The molecule has 20 heavy (non-hydrogen) atoms. The summed E-state index contributed by atoms with van der Waals surface area (Å²) in [7, 11) is -2.93. The molecule has 1 aliphatic carbocycles. The largest absolute Gasteiger partial charge is 0.394 e. The second kappa shape index (κ2) is 6.02. The minimum atomic E-state index is -2.93. The molecule has 116 valence electrons. The van der Waals surface area contributed by atoms with E-state index in [1.165, 1.54) is 0 Å². The Morgan fingerprint density at radius 2 is 1.95 bits per heavy atom. The van der Waals surface area contributed by atoms with Crippen LogP contribution in [0.5, 0.6) is 0 Å². The number of carbonyl (C=O) groups excluding carboxylic acids is 1. The fourth-order valence-corrected chi connectivity index (χ4v) is 5.14. The molecule has 6 heteroatoms. The predicted molar refractivity (Wildman–Crippen MR) is 77.0 cm³/mol. The molecule has 1 aliphatic heterocycles. The Morgan fingerprint density at radius 1 is 1.30 bits per heavy atom. The molecule has 1 saturated carbocycles. The van der Waals surface area contributed by atoms with Crippen molar-refractivity contribution in [3.05, 3.63) is 0 Å². The van der Waals surface area contributed by atoms with Crippen molar-refractivity contribution in [2.24, 2.45) is 11.8 Å². The van der Waals surface area contributed by atoms with E-state index in [4.69, 9.17) is 0 Å². The van der Waals surface area contributed by atoms with Gasteiger partial charge in [0, 0.05) is 6.42 Å². The van der Waals surface area contributed by atoms with Crippen molar-refractivity contribution in [3.63, 3.8) is 0 Å². The Morgan fingerprint density at radius 3 is 2.45 bits per heavy atom. The molecule has 0 bridgehead atoms. The molecule has 2 fully saturated rings. The standard InChI is InChI=1S/C14H25NO4S/c1-11-2-5-14(10-16,6-3-11)15-13(17)8-12-4-7-20(18,19)9-12/h11-12,16H,2-10H2,1H3,(H,15,17). The number of rotatable bonds is 4. The molecule has 2 rings (SSSR count). The van der Waals surface area contributed by atoms with Crippen LogP contribution in [0.4, 0.5) is 0 Å². The maximum Gasteiger partial charge on any atom is 0.220 e. The van der Waals surface area contributed by atoms with Gasteiger partial charge < -0.3 is 10.4 Å². The summed E-state index contributed by atoms with van der Waals surface area (Å²) in [5, 5.41) is 12.6. The van der Waals surface area contributed by atoms with E-state index in [0.29, 0.717) is 12.3 Å². The van der Waals surface area contributed by atoms with Gasteiger partial charge in [0.2, 0.25) is 5.91 Å². The summed E-state index contributed by atoms with van der Waals surface area (Å²) in [6, 6.07) is 0. The van der Waals surface area contributed by atoms with E-state index >= 15 is 0 Å². The number of hydrogen-bond donors (Lipinski definition) is 2. The molecular formula is C14H25NO4S. The van der Waals surface area contributed by atoms with E-state index in [1.807, 2.05) is 0 Å². The van der Waals surface area contributed by atoms with Crippen LogP contribution >= 0.6 is 0 Å². The number of amides is 1. The highest BCUT2D eigenvalue weighted by molar-refractivity contribution is 7.91. The first kappa shape index (κ1) is 15.8. The highest BCUT2D eigenvalue weighted by Crippen LogP contribution is 2.32. The molecule has 0 radical (unpaired) electrons. The van der Waals surface area contributed by atoms with Crippen molar-refractivity contribution in [1.82, 2.24) is 5.32 Å². The van der Waals surface area contributed by atoms with Gasteiger partial charge in [-0.1, -0.05) is 6.92 Å². The van der Waals surface area contributed by atoms with Gasteiger partial charge in [-0.3, -0.25) is 4.79 Å². The molecule has 1 amide bonds. The van der Waals surface area contributed by atoms with Gasteiger partial charge in [0.25, 0.3) is 0 Å². The number of hydrogen-bond acceptors (Lipinski definition) is 4. The summed E-state index contributed by atoms with van der Waals surface area (Å²) in [6.07, 6.45) is 4.48. The molecule has 2 aliphatic rings. The highest BCUT2D eigenvalue weighted by Gasteiger charge is 2.36. The summed E-state index contributed by atoms with van der Waals surface area (Å²) in [5.41, 5.74) is -0.485. The summed E-state index contributed by atoms with van der Waals surface area (Å²) in [6.45, 7) is 2.15. The fourth-order valence-electron chi connectivity index (χ4n) is 3.28. The van der Waals surface area contributed by atoms with Gasteiger partial charge in [0.05, 0.1) is 23.7 Å². The maximum absolute atomic E-state index is 12.1. The number of nitrogens with one attached hydrogen (secondary N) is 1. The highest BCUT2D eigenvalue weighted by atomic mass is 32.2. The molecule has 0 aromatic carbocycles. The summed E-state index contributed by atoms with van der Waals surface area (Å²) >= 11 is 0. The van der Waals surface area contributed by atoms with Crippen LogP contribution in [0.15, 0.2) is 0 Å². The van der Waals surface area contributed by atoms with Gasteiger partial charge >= 0.3 is 0 Å². The Labute approximate surface area is 121 Å². The van der Waals surface area contributed by atoms with Crippen molar-refractivity contribution in [2.45, 2.75) is 51.0 Å². The van der Waals surface area contributed by atoms with E-state index in [-0.39, 0.29) is 36.4 Å². The van der Waals surface area contributed by atoms with Crippen LogP contribution in [0.1, 0.15) is 45.4 Å². The Bertz CT molecular complexity index is 452. The zero-order chi connectivity index (χ0) is 14.8. The second-order valence-electron chi connectivity index (χ2n) is 6.64. The van der Waals surface area contributed by atoms with Crippen LogP contribution in [0.2, 0.25) is 0 Å². The summed E-state index contributed by atoms with van der Waals surface area (Å²) < 4.78 is 22.8. The van der Waals surface area contributed by atoms with Gasteiger partial charge in [0.1, 0.15) is 0 Å². The lowest BCUT2D eigenvalue weighted by molar-refractivity contribution is -0.125. The number of aliphatic hydroxyl groups is 1. The molecule has 1 heterocycles. The number of aliphatic hydroxyl groups excluding tert-OH is 1. The van der Waals surface area contributed by atoms with Crippen molar-refractivity contribution < 1.29 is 18.3 Å². The molecular weight excluding hydrogens is 278 g/mol. The zero-order valence-electron chi connectivity index (χ0n) is 12.1. The van der Waals surface area contributed by atoms with Crippen LogP contribution in [0.3, 0.4) is 0 Å². The van der Waals surface area contributed by atoms with E-state index < -0.39 is 15.4 Å².